The molecule has 27 heavy (non-hydrogen) atoms. The molecule has 1 fully saturated rings. The van der Waals surface area contributed by atoms with Gasteiger partial charge in [0.1, 0.15) is 5.76 Å². The van der Waals surface area contributed by atoms with Gasteiger partial charge in [-0.15, -0.1) is 0 Å². The van der Waals surface area contributed by atoms with E-state index < -0.39 is 5.97 Å². The van der Waals surface area contributed by atoms with Crippen molar-refractivity contribution in [3.8, 4) is 0 Å². The van der Waals surface area contributed by atoms with Gasteiger partial charge in [0.25, 0.3) is 0 Å². The Morgan fingerprint density at radius 3 is 2.59 bits per heavy atom. The maximum atomic E-state index is 12.3. The van der Waals surface area contributed by atoms with Crippen LogP contribution in [0.1, 0.15) is 21.8 Å². The molecule has 2 aromatic rings. The van der Waals surface area contributed by atoms with Crippen molar-refractivity contribution in [1.82, 2.24) is 15.0 Å². The number of esters is 1. The highest BCUT2D eigenvalue weighted by Gasteiger charge is 2.20. The van der Waals surface area contributed by atoms with Gasteiger partial charge in [0, 0.05) is 44.5 Å². The Bertz CT molecular complexity index is 797. The molecule has 1 saturated heterocycles. The number of aryl methyl sites for hydroxylation is 1. The molecular formula is C19H24N4O4. The molecule has 2 heterocycles. The minimum atomic E-state index is -0.426. The van der Waals surface area contributed by atoms with E-state index in [-0.39, 0.29) is 5.91 Å². The Morgan fingerprint density at radius 1 is 1.19 bits per heavy atom. The molecule has 0 radical (unpaired) electrons. The molecule has 0 aliphatic carbocycles. The summed E-state index contributed by atoms with van der Waals surface area (Å²) in [6, 6.07) is 8.68. The Kier molecular flexibility index (Phi) is 6.20. The largest absolute Gasteiger partial charge is 0.465 e. The first-order chi connectivity index (χ1) is 13.0. The summed E-state index contributed by atoms with van der Waals surface area (Å²) < 4.78 is 9.79. The molecule has 0 atom stereocenters. The number of hydrogen-bond donors (Lipinski definition) is 1. The highest BCUT2D eigenvalue weighted by Crippen LogP contribution is 2.12. The smallest absolute Gasteiger partial charge is 0.337 e. The Morgan fingerprint density at radius 2 is 1.93 bits per heavy atom. The summed E-state index contributed by atoms with van der Waals surface area (Å²) in [6.07, 6.45) is 0. The van der Waals surface area contributed by atoms with Gasteiger partial charge in [-0.2, -0.15) is 0 Å². The molecule has 1 aromatic heterocycles. The van der Waals surface area contributed by atoms with Gasteiger partial charge in [-0.25, -0.2) is 4.79 Å². The van der Waals surface area contributed by atoms with Gasteiger partial charge in [-0.1, -0.05) is 11.2 Å². The lowest BCUT2D eigenvalue weighted by atomic mass is 10.2. The Hall–Kier alpha value is -2.71. The fraction of sp³-hybridized carbons (Fsp3) is 0.421. The number of methoxy groups -OCH3 is 1. The van der Waals surface area contributed by atoms with Crippen LogP contribution in [0.5, 0.6) is 0 Å². The lowest BCUT2D eigenvalue weighted by Crippen LogP contribution is -2.48. The first-order valence-corrected chi connectivity index (χ1v) is 8.88. The van der Waals surface area contributed by atoms with E-state index in [1.54, 1.807) is 24.3 Å². The third kappa shape index (κ3) is 5.38. The zero-order chi connectivity index (χ0) is 19.2. The van der Waals surface area contributed by atoms with Gasteiger partial charge in [-0.05, 0) is 25.1 Å². The van der Waals surface area contributed by atoms with Gasteiger partial charge in [-0.3, -0.25) is 14.6 Å². The fourth-order valence-corrected chi connectivity index (χ4v) is 3.07. The van der Waals surface area contributed by atoms with Crippen LogP contribution in [-0.2, 0) is 16.1 Å². The topological polar surface area (TPSA) is 87.9 Å². The van der Waals surface area contributed by atoms with Gasteiger partial charge >= 0.3 is 5.97 Å². The number of hydrogen-bond acceptors (Lipinski definition) is 7. The van der Waals surface area contributed by atoms with Crippen molar-refractivity contribution in [2.45, 2.75) is 13.5 Å². The third-order valence-electron chi connectivity index (χ3n) is 4.46. The molecule has 0 saturated carbocycles. The minimum absolute atomic E-state index is 0.0995. The number of ether oxygens (including phenoxy) is 1. The second-order valence-corrected chi connectivity index (χ2v) is 6.60. The van der Waals surface area contributed by atoms with Crippen LogP contribution in [0.4, 0.5) is 5.69 Å². The van der Waals surface area contributed by atoms with E-state index in [0.717, 1.165) is 44.2 Å². The van der Waals surface area contributed by atoms with Crippen LogP contribution in [0.15, 0.2) is 34.9 Å². The molecule has 1 amide bonds. The van der Waals surface area contributed by atoms with Crippen molar-refractivity contribution in [2.24, 2.45) is 0 Å². The van der Waals surface area contributed by atoms with Crippen LogP contribution in [0.3, 0.4) is 0 Å². The van der Waals surface area contributed by atoms with Gasteiger partial charge in [0.15, 0.2) is 0 Å². The summed E-state index contributed by atoms with van der Waals surface area (Å²) in [7, 11) is 1.33. The summed E-state index contributed by atoms with van der Waals surface area (Å²) >= 11 is 0. The number of carbonyl (C=O) groups excluding carboxylic acids is 2. The average Bonchev–Trinajstić information content (AvgIpc) is 3.07. The van der Waals surface area contributed by atoms with Crippen molar-refractivity contribution >= 4 is 17.6 Å². The van der Waals surface area contributed by atoms with Crippen LogP contribution in [0.2, 0.25) is 0 Å². The van der Waals surface area contributed by atoms with E-state index in [2.05, 4.69) is 20.3 Å². The molecule has 8 nitrogen and oxygen atoms in total. The summed E-state index contributed by atoms with van der Waals surface area (Å²) in [5.74, 6) is 0.290. The average molecular weight is 372 g/mol. The summed E-state index contributed by atoms with van der Waals surface area (Å²) in [5, 5.41) is 6.86. The van der Waals surface area contributed by atoms with E-state index in [0.29, 0.717) is 17.8 Å². The van der Waals surface area contributed by atoms with E-state index in [4.69, 9.17) is 9.26 Å². The number of nitrogens with one attached hydrogen (secondary N) is 1. The molecule has 1 N–H and O–H groups in total. The van der Waals surface area contributed by atoms with E-state index in [1.165, 1.54) is 7.11 Å². The Balaban J connectivity index is 1.45. The number of piperazine rings is 1. The predicted octanol–water partition coefficient (Wildman–Crippen LogP) is 1.53. The van der Waals surface area contributed by atoms with E-state index in [9.17, 15) is 9.59 Å². The molecule has 144 valence electrons. The minimum Gasteiger partial charge on any atom is -0.465 e. The van der Waals surface area contributed by atoms with Crippen LogP contribution in [0.25, 0.3) is 0 Å². The monoisotopic (exact) mass is 372 g/mol. The molecular weight excluding hydrogens is 348 g/mol. The second-order valence-electron chi connectivity index (χ2n) is 6.60. The number of carbonyl (C=O) groups is 2. The highest BCUT2D eigenvalue weighted by atomic mass is 16.5. The highest BCUT2D eigenvalue weighted by molar-refractivity contribution is 5.95. The van der Waals surface area contributed by atoms with Crippen molar-refractivity contribution in [1.29, 1.82) is 0 Å². The summed E-state index contributed by atoms with van der Waals surface area (Å²) in [6.45, 7) is 6.33. The summed E-state index contributed by atoms with van der Waals surface area (Å²) in [5.41, 5.74) is 1.93. The van der Waals surface area contributed by atoms with Crippen LogP contribution < -0.4 is 5.32 Å². The molecule has 1 aromatic carbocycles. The molecule has 1 aliphatic heterocycles. The lowest BCUT2D eigenvalue weighted by Gasteiger charge is -2.33. The normalized spacial score (nSPS) is 15.5. The van der Waals surface area contributed by atoms with Crippen LogP contribution in [-0.4, -0.2) is 66.7 Å². The molecule has 0 bridgehead atoms. The number of nitrogens with zero attached hydrogens (tertiary/aromatic N) is 3. The van der Waals surface area contributed by atoms with Crippen LogP contribution >= 0.6 is 0 Å². The van der Waals surface area contributed by atoms with E-state index >= 15 is 0 Å². The SMILES string of the molecule is COC(=O)c1cccc(NC(=O)CN2CCN(Cc3cc(C)on3)CC2)c1. The molecule has 0 unspecified atom stereocenters. The summed E-state index contributed by atoms with van der Waals surface area (Å²) in [4.78, 5) is 28.3. The van der Waals surface area contributed by atoms with Crippen molar-refractivity contribution < 1.29 is 18.8 Å². The first kappa shape index (κ1) is 19.1. The quantitative estimate of drug-likeness (QED) is 0.769. The first-order valence-electron chi connectivity index (χ1n) is 8.88. The maximum Gasteiger partial charge on any atom is 0.337 e. The fourth-order valence-electron chi connectivity index (χ4n) is 3.07. The number of anilines is 1. The van der Waals surface area contributed by atoms with Crippen molar-refractivity contribution in [3.05, 3.63) is 47.3 Å². The van der Waals surface area contributed by atoms with Gasteiger partial charge < -0.3 is 14.6 Å². The zero-order valence-electron chi connectivity index (χ0n) is 15.6. The number of amides is 1. The molecule has 8 heteroatoms. The van der Waals surface area contributed by atoms with Gasteiger partial charge in [0.05, 0.1) is 24.9 Å². The molecule has 0 spiro atoms. The number of rotatable bonds is 6. The second kappa shape index (κ2) is 8.79. The van der Waals surface area contributed by atoms with E-state index in [1.807, 2.05) is 13.0 Å². The zero-order valence-corrected chi connectivity index (χ0v) is 15.6. The third-order valence-corrected chi connectivity index (χ3v) is 4.46. The van der Waals surface area contributed by atoms with Crippen molar-refractivity contribution in [3.63, 3.8) is 0 Å². The standard InChI is InChI=1S/C19H24N4O4/c1-14-10-17(21-27-14)12-22-6-8-23(9-7-22)13-18(24)20-16-5-3-4-15(11-16)19(25)26-2/h3-5,10-11H,6-9,12-13H2,1-2H3,(H,20,24). The number of benzene rings is 1. The molecule has 1 aliphatic rings. The lowest BCUT2D eigenvalue weighted by molar-refractivity contribution is -0.117. The predicted molar refractivity (Wildman–Crippen MR) is 99.4 cm³/mol. The maximum absolute atomic E-state index is 12.3. The van der Waals surface area contributed by atoms with Crippen LogP contribution in [0, 0.1) is 6.92 Å². The molecule has 3 rings (SSSR count). The van der Waals surface area contributed by atoms with Crippen molar-refractivity contribution in [2.75, 3.05) is 45.2 Å². The van der Waals surface area contributed by atoms with Gasteiger partial charge in [0.2, 0.25) is 5.91 Å². The Labute approximate surface area is 158 Å². The number of aromatic nitrogens is 1.